The topological polar surface area (TPSA) is 54.3 Å². The molecule has 2 N–H and O–H groups in total. The van der Waals surface area contributed by atoms with E-state index in [9.17, 15) is 4.79 Å². The van der Waals surface area contributed by atoms with Crippen LogP contribution in [0.15, 0.2) is 82.6 Å². The Balaban J connectivity index is 1.62. The van der Waals surface area contributed by atoms with Crippen molar-refractivity contribution in [3.8, 4) is 0 Å². The number of nitrogens with one attached hydrogen (secondary N) is 2. The number of rotatable bonds is 2. The molecule has 28 heavy (non-hydrogen) atoms. The van der Waals surface area contributed by atoms with Gasteiger partial charge in [-0.1, -0.05) is 35.9 Å². The fraction of sp³-hybridized carbons (Fsp3) is 0.174. The van der Waals surface area contributed by atoms with E-state index in [0.717, 1.165) is 40.4 Å². The molecule has 0 saturated carbocycles. The molecule has 0 unspecified atom stereocenters. The first-order valence-corrected chi connectivity index (χ1v) is 9.74. The SMILES string of the molecule is O=C1C[C@H](c2ccco2)CC2=C1[C@H](c1ccc(Cl)cc1)Nc1ccccc1N2. The lowest BCUT2D eigenvalue weighted by Crippen LogP contribution is -2.26. The number of carbonyl (C=O) groups excluding carboxylic acids is 1. The summed E-state index contributed by atoms with van der Waals surface area (Å²) in [5.74, 6) is 1.04. The lowest BCUT2D eigenvalue weighted by molar-refractivity contribution is -0.116. The second kappa shape index (κ2) is 6.88. The third-order valence-corrected chi connectivity index (χ3v) is 5.71. The van der Waals surface area contributed by atoms with Gasteiger partial charge in [0, 0.05) is 28.6 Å². The van der Waals surface area contributed by atoms with Crippen LogP contribution in [0.1, 0.15) is 36.1 Å². The van der Waals surface area contributed by atoms with Crippen molar-refractivity contribution >= 4 is 28.8 Å². The molecule has 0 saturated heterocycles. The maximum absolute atomic E-state index is 13.3. The highest BCUT2D eigenvalue weighted by Crippen LogP contribution is 2.44. The van der Waals surface area contributed by atoms with Crippen LogP contribution in [0.2, 0.25) is 5.02 Å². The Bertz CT molecular complexity index is 1050. The summed E-state index contributed by atoms with van der Waals surface area (Å²) in [4.78, 5) is 13.3. The third kappa shape index (κ3) is 3.00. The van der Waals surface area contributed by atoms with Gasteiger partial charge in [-0.05, 0) is 48.4 Å². The summed E-state index contributed by atoms with van der Waals surface area (Å²) in [6.45, 7) is 0. The minimum atomic E-state index is -0.228. The number of furan rings is 1. The number of halogens is 1. The first kappa shape index (κ1) is 17.1. The van der Waals surface area contributed by atoms with Crippen LogP contribution in [-0.4, -0.2) is 5.78 Å². The highest BCUT2D eigenvalue weighted by molar-refractivity contribution is 6.30. The van der Waals surface area contributed by atoms with E-state index in [1.165, 1.54) is 0 Å². The smallest absolute Gasteiger partial charge is 0.163 e. The van der Waals surface area contributed by atoms with Gasteiger partial charge < -0.3 is 15.1 Å². The molecule has 0 spiro atoms. The summed E-state index contributed by atoms with van der Waals surface area (Å²) < 4.78 is 5.59. The normalized spacial score (nSPS) is 21.2. The number of hydrogen-bond donors (Lipinski definition) is 2. The second-order valence-electron chi connectivity index (χ2n) is 7.24. The molecule has 0 radical (unpaired) electrons. The maximum Gasteiger partial charge on any atom is 0.163 e. The number of Topliss-reactive ketones (excluding diaryl/α,β-unsaturated/α-hetero) is 1. The van der Waals surface area contributed by atoms with E-state index >= 15 is 0 Å². The van der Waals surface area contributed by atoms with E-state index in [0.29, 0.717) is 11.4 Å². The minimum absolute atomic E-state index is 0.0462. The van der Waals surface area contributed by atoms with Crippen LogP contribution in [0.25, 0.3) is 0 Å². The number of benzene rings is 2. The first-order valence-electron chi connectivity index (χ1n) is 9.37. The molecule has 4 nitrogen and oxygen atoms in total. The van der Waals surface area contributed by atoms with E-state index in [2.05, 4.69) is 10.6 Å². The summed E-state index contributed by atoms with van der Waals surface area (Å²) in [5, 5.41) is 7.77. The Hall–Kier alpha value is -2.98. The molecule has 2 atom stereocenters. The molecule has 2 aromatic carbocycles. The molecule has 5 rings (SSSR count). The van der Waals surface area contributed by atoms with Crippen molar-refractivity contribution in [1.29, 1.82) is 0 Å². The van der Waals surface area contributed by atoms with Crippen LogP contribution in [0.4, 0.5) is 11.4 Å². The van der Waals surface area contributed by atoms with Gasteiger partial charge in [-0.25, -0.2) is 0 Å². The lowest BCUT2D eigenvalue weighted by Gasteiger charge is -2.28. The predicted molar refractivity (Wildman–Crippen MR) is 111 cm³/mol. The van der Waals surface area contributed by atoms with E-state index < -0.39 is 0 Å². The third-order valence-electron chi connectivity index (χ3n) is 5.46. The summed E-state index contributed by atoms with van der Waals surface area (Å²) >= 11 is 6.08. The molecule has 3 aromatic rings. The standard InChI is InChI=1S/C23H19ClN2O2/c24-16-9-7-14(8-10-16)23-22-19(25-17-4-1-2-5-18(17)26-23)12-15(13-20(22)27)21-6-3-11-28-21/h1-11,15,23,25-26H,12-13H2/t15-,23+/m1/s1. The first-order chi connectivity index (χ1) is 13.7. The molecular formula is C23H19ClN2O2. The Morgan fingerprint density at radius 2 is 1.71 bits per heavy atom. The molecule has 1 aromatic heterocycles. The largest absolute Gasteiger partial charge is 0.469 e. The van der Waals surface area contributed by atoms with Gasteiger partial charge in [0.15, 0.2) is 5.78 Å². The van der Waals surface area contributed by atoms with Gasteiger partial charge in [0.05, 0.1) is 23.7 Å². The number of allylic oxidation sites excluding steroid dienone is 1. The van der Waals surface area contributed by atoms with Gasteiger partial charge in [-0.15, -0.1) is 0 Å². The molecule has 0 fully saturated rings. The lowest BCUT2D eigenvalue weighted by atomic mass is 9.80. The van der Waals surface area contributed by atoms with Crippen LogP contribution < -0.4 is 10.6 Å². The molecule has 2 heterocycles. The van der Waals surface area contributed by atoms with Gasteiger partial charge in [-0.3, -0.25) is 4.79 Å². The van der Waals surface area contributed by atoms with E-state index in [1.54, 1.807) is 6.26 Å². The molecule has 1 aliphatic carbocycles. The average Bonchev–Trinajstić information content (AvgIpc) is 3.18. The zero-order chi connectivity index (χ0) is 19.1. The summed E-state index contributed by atoms with van der Waals surface area (Å²) in [5.41, 5.74) is 4.70. The van der Waals surface area contributed by atoms with Crippen molar-refractivity contribution < 1.29 is 9.21 Å². The van der Waals surface area contributed by atoms with E-state index in [1.807, 2.05) is 60.7 Å². The predicted octanol–water partition coefficient (Wildman–Crippen LogP) is 5.91. The Kier molecular flexibility index (Phi) is 4.21. The number of fused-ring (bicyclic) bond motifs is 1. The highest BCUT2D eigenvalue weighted by Gasteiger charge is 2.36. The van der Waals surface area contributed by atoms with Crippen LogP contribution in [0, 0.1) is 0 Å². The second-order valence-corrected chi connectivity index (χ2v) is 7.67. The Morgan fingerprint density at radius 1 is 0.929 bits per heavy atom. The van der Waals surface area contributed by atoms with Crippen LogP contribution in [-0.2, 0) is 4.79 Å². The van der Waals surface area contributed by atoms with Crippen molar-refractivity contribution in [3.05, 3.63) is 94.5 Å². The fourth-order valence-electron chi connectivity index (χ4n) is 4.12. The van der Waals surface area contributed by atoms with E-state index in [4.69, 9.17) is 16.0 Å². The number of carbonyl (C=O) groups is 1. The highest BCUT2D eigenvalue weighted by atomic mass is 35.5. The fourth-order valence-corrected chi connectivity index (χ4v) is 4.25. The molecule has 2 aliphatic rings. The van der Waals surface area contributed by atoms with Gasteiger partial charge in [0.2, 0.25) is 0 Å². The van der Waals surface area contributed by atoms with Crippen LogP contribution in [0.5, 0.6) is 0 Å². The number of hydrogen-bond acceptors (Lipinski definition) is 4. The van der Waals surface area contributed by atoms with Crippen molar-refractivity contribution in [1.82, 2.24) is 0 Å². The minimum Gasteiger partial charge on any atom is -0.469 e. The van der Waals surface area contributed by atoms with Gasteiger partial charge in [0.1, 0.15) is 5.76 Å². The molecule has 140 valence electrons. The molecule has 0 bridgehead atoms. The number of ketones is 1. The zero-order valence-electron chi connectivity index (χ0n) is 15.1. The van der Waals surface area contributed by atoms with Gasteiger partial charge in [0.25, 0.3) is 0 Å². The molecule has 5 heteroatoms. The summed E-state index contributed by atoms with van der Waals surface area (Å²) in [6, 6.07) is 19.3. The Labute approximate surface area is 168 Å². The van der Waals surface area contributed by atoms with Crippen molar-refractivity contribution in [3.63, 3.8) is 0 Å². The number of anilines is 2. The number of para-hydroxylation sites is 2. The molecule has 0 amide bonds. The molecule has 1 aliphatic heterocycles. The quantitative estimate of drug-likeness (QED) is 0.570. The summed E-state index contributed by atoms with van der Waals surface area (Å²) in [6.07, 6.45) is 2.84. The van der Waals surface area contributed by atoms with Crippen LogP contribution >= 0.6 is 11.6 Å². The van der Waals surface area contributed by atoms with Gasteiger partial charge >= 0.3 is 0 Å². The Morgan fingerprint density at radius 3 is 2.46 bits per heavy atom. The van der Waals surface area contributed by atoms with Gasteiger partial charge in [-0.2, -0.15) is 0 Å². The summed E-state index contributed by atoms with van der Waals surface area (Å²) in [7, 11) is 0. The van der Waals surface area contributed by atoms with Crippen molar-refractivity contribution in [2.24, 2.45) is 0 Å². The monoisotopic (exact) mass is 390 g/mol. The molecular weight excluding hydrogens is 372 g/mol. The van der Waals surface area contributed by atoms with Crippen LogP contribution in [0.3, 0.4) is 0 Å². The maximum atomic E-state index is 13.3. The van der Waals surface area contributed by atoms with Crippen molar-refractivity contribution in [2.75, 3.05) is 10.6 Å². The zero-order valence-corrected chi connectivity index (χ0v) is 15.9. The van der Waals surface area contributed by atoms with Crippen molar-refractivity contribution in [2.45, 2.75) is 24.8 Å². The van der Waals surface area contributed by atoms with E-state index in [-0.39, 0.29) is 17.7 Å². The average molecular weight is 391 g/mol.